The van der Waals surface area contributed by atoms with Gasteiger partial charge in [0.05, 0.1) is 17.1 Å². The molecule has 158 valence electrons. The topological polar surface area (TPSA) is 77.6 Å². The van der Waals surface area contributed by atoms with Gasteiger partial charge < -0.3 is 5.32 Å². The molecular formula is C22H21FN6OS. The number of anilines is 1. The Bertz CT molecular complexity index is 1230. The number of carbonyl (C=O) groups is 1. The second-order valence-corrected chi connectivity index (χ2v) is 8.09. The highest BCUT2D eigenvalue weighted by molar-refractivity contribution is 7.99. The average molecular weight is 437 g/mol. The Morgan fingerprint density at radius 2 is 1.77 bits per heavy atom. The Labute approximate surface area is 183 Å². The number of amides is 1. The minimum atomic E-state index is -0.331. The van der Waals surface area contributed by atoms with Gasteiger partial charge in [-0.05, 0) is 68.3 Å². The maximum absolute atomic E-state index is 13.2. The fraction of sp³-hybridized carbons (Fsp3) is 0.182. The molecule has 0 fully saturated rings. The summed E-state index contributed by atoms with van der Waals surface area (Å²) in [5.74, 6) is 0.132. The lowest BCUT2D eigenvalue weighted by molar-refractivity contribution is -0.113. The van der Waals surface area contributed by atoms with E-state index in [1.807, 2.05) is 23.6 Å². The van der Waals surface area contributed by atoms with Crippen molar-refractivity contribution >= 4 is 23.5 Å². The number of aromatic nitrogens is 5. The molecule has 1 N–H and O–H groups in total. The van der Waals surface area contributed by atoms with Gasteiger partial charge in [0.15, 0.2) is 5.16 Å². The number of nitrogens with zero attached hydrogens (tertiary/aromatic N) is 5. The number of carbonyl (C=O) groups excluding carboxylic acids is 1. The average Bonchev–Trinajstić information content (AvgIpc) is 3.35. The van der Waals surface area contributed by atoms with Crippen LogP contribution >= 0.6 is 11.8 Å². The summed E-state index contributed by atoms with van der Waals surface area (Å²) in [7, 11) is 0. The summed E-state index contributed by atoms with van der Waals surface area (Å²) < 4.78 is 16.7. The Kier molecular flexibility index (Phi) is 5.85. The van der Waals surface area contributed by atoms with E-state index in [4.69, 9.17) is 0 Å². The highest BCUT2D eigenvalue weighted by atomic mass is 32.2. The predicted octanol–water partition coefficient (Wildman–Crippen LogP) is 4.25. The van der Waals surface area contributed by atoms with E-state index in [2.05, 4.69) is 40.5 Å². The first kappa shape index (κ1) is 20.8. The number of halogens is 1. The van der Waals surface area contributed by atoms with Gasteiger partial charge >= 0.3 is 0 Å². The molecule has 4 rings (SSSR count). The van der Waals surface area contributed by atoms with E-state index < -0.39 is 0 Å². The smallest absolute Gasteiger partial charge is 0.236 e. The predicted molar refractivity (Wildman–Crippen MR) is 118 cm³/mol. The van der Waals surface area contributed by atoms with Gasteiger partial charge in [-0.25, -0.2) is 9.07 Å². The van der Waals surface area contributed by atoms with Crippen molar-refractivity contribution in [2.75, 3.05) is 11.1 Å². The van der Waals surface area contributed by atoms with Crippen molar-refractivity contribution in [2.24, 2.45) is 0 Å². The van der Waals surface area contributed by atoms with Gasteiger partial charge in [0.1, 0.15) is 18.0 Å². The van der Waals surface area contributed by atoms with Crippen molar-refractivity contribution in [3.8, 4) is 11.4 Å². The molecule has 31 heavy (non-hydrogen) atoms. The lowest BCUT2D eigenvalue weighted by atomic mass is 10.1. The van der Waals surface area contributed by atoms with E-state index in [1.54, 1.807) is 29.2 Å². The summed E-state index contributed by atoms with van der Waals surface area (Å²) in [5, 5.41) is 16.0. The molecule has 0 aliphatic rings. The minimum absolute atomic E-state index is 0.150. The molecule has 0 aliphatic carbocycles. The van der Waals surface area contributed by atoms with Crippen molar-refractivity contribution in [2.45, 2.75) is 25.9 Å². The summed E-state index contributed by atoms with van der Waals surface area (Å²) in [6.45, 7) is 5.94. The van der Waals surface area contributed by atoms with Crippen molar-refractivity contribution in [1.29, 1.82) is 0 Å². The molecule has 0 unspecified atom stereocenters. The van der Waals surface area contributed by atoms with E-state index in [1.165, 1.54) is 35.0 Å². The molecule has 0 atom stereocenters. The van der Waals surface area contributed by atoms with Crippen LogP contribution < -0.4 is 5.32 Å². The molecule has 2 aromatic heterocycles. The van der Waals surface area contributed by atoms with Crippen LogP contribution in [0.4, 0.5) is 10.2 Å². The Morgan fingerprint density at radius 1 is 1.03 bits per heavy atom. The summed E-state index contributed by atoms with van der Waals surface area (Å²) in [6.07, 6.45) is 1.64. The molecule has 1 amide bonds. The Morgan fingerprint density at radius 3 is 2.52 bits per heavy atom. The third-order valence-corrected chi connectivity index (χ3v) is 5.73. The fourth-order valence-corrected chi connectivity index (χ4v) is 3.78. The van der Waals surface area contributed by atoms with Gasteiger partial charge in [0, 0.05) is 11.8 Å². The molecule has 0 radical (unpaired) electrons. The number of aryl methyl sites for hydroxylation is 3. The van der Waals surface area contributed by atoms with Crippen LogP contribution in [0.3, 0.4) is 0 Å². The van der Waals surface area contributed by atoms with Crippen molar-refractivity contribution in [1.82, 2.24) is 24.5 Å². The Hall–Kier alpha value is -3.46. The molecule has 0 saturated heterocycles. The zero-order valence-corrected chi connectivity index (χ0v) is 18.2. The lowest BCUT2D eigenvalue weighted by Crippen LogP contribution is -2.17. The second-order valence-electron chi connectivity index (χ2n) is 7.15. The minimum Gasteiger partial charge on any atom is -0.310 e. The van der Waals surface area contributed by atoms with Gasteiger partial charge in [0.25, 0.3) is 0 Å². The van der Waals surface area contributed by atoms with Crippen LogP contribution in [0.25, 0.3) is 11.4 Å². The third-order valence-electron chi connectivity index (χ3n) is 4.79. The number of benzene rings is 2. The lowest BCUT2D eigenvalue weighted by Gasteiger charge is -2.10. The number of nitrogens with one attached hydrogen (secondary N) is 1. The summed E-state index contributed by atoms with van der Waals surface area (Å²) in [6, 6.07) is 13.8. The SMILES string of the molecule is Cc1cc(NC(=O)CSc2nncn2-c2ccc(C)c(C)c2)n(-c2ccc(F)cc2)n1. The first-order valence-corrected chi connectivity index (χ1v) is 10.6. The van der Waals surface area contributed by atoms with Gasteiger partial charge in [-0.15, -0.1) is 10.2 Å². The van der Waals surface area contributed by atoms with Crippen LogP contribution in [0.2, 0.25) is 0 Å². The molecular weight excluding hydrogens is 415 g/mol. The summed E-state index contributed by atoms with van der Waals surface area (Å²) in [5.41, 5.74) is 4.72. The van der Waals surface area contributed by atoms with E-state index in [9.17, 15) is 9.18 Å². The molecule has 2 heterocycles. The third kappa shape index (κ3) is 4.66. The number of thioether (sulfide) groups is 1. The summed E-state index contributed by atoms with van der Waals surface area (Å²) >= 11 is 1.29. The van der Waals surface area contributed by atoms with Gasteiger partial charge in [-0.3, -0.25) is 9.36 Å². The summed E-state index contributed by atoms with van der Waals surface area (Å²) in [4.78, 5) is 12.6. The van der Waals surface area contributed by atoms with Crippen LogP contribution in [0.5, 0.6) is 0 Å². The normalized spacial score (nSPS) is 11.0. The van der Waals surface area contributed by atoms with Gasteiger partial charge in [0.2, 0.25) is 5.91 Å². The van der Waals surface area contributed by atoms with E-state index in [0.717, 1.165) is 11.4 Å². The standard InChI is InChI=1S/C22H21FN6OS/c1-14-4-7-19(10-15(14)2)28-13-24-26-22(28)31-12-21(30)25-20-11-16(3)27-29(20)18-8-5-17(23)6-9-18/h4-11,13H,12H2,1-3H3,(H,25,30). The van der Waals surface area contributed by atoms with E-state index >= 15 is 0 Å². The molecule has 2 aromatic carbocycles. The highest BCUT2D eigenvalue weighted by Crippen LogP contribution is 2.22. The van der Waals surface area contributed by atoms with Crippen LogP contribution in [0.15, 0.2) is 60.0 Å². The van der Waals surface area contributed by atoms with Crippen molar-refractivity contribution in [3.05, 3.63) is 77.5 Å². The number of hydrogen-bond donors (Lipinski definition) is 1. The maximum atomic E-state index is 13.2. The number of hydrogen-bond acceptors (Lipinski definition) is 5. The molecule has 0 spiro atoms. The molecule has 4 aromatic rings. The first-order chi connectivity index (χ1) is 14.9. The Balaban J connectivity index is 1.46. The quantitative estimate of drug-likeness (QED) is 0.457. The second kappa shape index (κ2) is 8.73. The highest BCUT2D eigenvalue weighted by Gasteiger charge is 2.14. The zero-order valence-electron chi connectivity index (χ0n) is 17.3. The van der Waals surface area contributed by atoms with Crippen molar-refractivity contribution in [3.63, 3.8) is 0 Å². The monoisotopic (exact) mass is 436 g/mol. The van der Waals surface area contributed by atoms with E-state index in [-0.39, 0.29) is 17.5 Å². The first-order valence-electron chi connectivity index (χ1n) is 9.63. The van der Waals surface area contributed by atoms with Crippen molar-refractivity contribution < 1.29 is 9.18 Å². The maximum Gasteiger partial charge on any atom is 0.236 e. The zero-order chi connectivity index (χ0) is 22.0. The van der Waals surface area contributed by atoms with Gasteiger partial charge in [-0.1, -0.05) is 17.8 Å². The van der Waals surface area contributed by atoms with Crippen LogP contribution in [0.1, 0.15) is 16.8 Å². The van der Waals surface area contributed by atoms with Gasteiger partial charge in [-0.2, -0.15) is 5.10 Å². The molecule has 0 aliphatic heterocycles. The molecule has 9 heteroatoms. The molecule has 7 nitrogen and oxygen atoms in total. The molecule has 0 bridgehead atoms. The molecule has 0 saturated carbocycles. The van der Waals surface area contributed by atoms with Crippen LogP contribution in [-0.2, 0) is 4.79 Å². The fourth-order valence-electron chi connectivity index (χ4n) is 3.05. The van der Waals surface area contributed by atoms with Crippen LogP contribution in [-0.4, -0.2) is 36.2 Å². The largest absolute Gasteiger partial charge is 0.310 e. The van der Waals surface area contributed by atoms with Crippen LogP contribution in [0, 0.1) is 26.6 Å². The van der Waals surface area contributed by atoms with E-state index in [0.29, 0.717) is 16.7 Å². The number of rotatable bonds is 6.